The fourth-order valence-corrected chi connectivity index (χ4v) is 10.5. The first-order valence-corrected chi connectivity index (χ1v) is 20.0. The van der Waals surface area contributed by atoms with Crippen molar-refractivity contribution in [2.75, 3.05) is 0 Å². The lowest BCUT2D eigenvalue weighted by Gasteiger charge is -2.13. The Bertz CT molecular complexity index is 3750. The first kappa shape index (κ1) is 30.9. The summed E-state index contributed by atoms with van der Waals surface area (Å²) in [5.41, 5.74) is 9.88. The van der Waals surface area contributed by atoms with Gasteiger partial charge in [-0.1, -0.05) is 133 Å². The Morgan fingerprint density at radius 3 is 1.56 bits per heavy atom. The average molecular weight is 744 g/mol. The van der Waals surface area contributed by atoms with Gasteiger partial charge in [0.05, 0.1) is 33.1 Å². The highest BCUT2D eigenvalue weighted by Crippen LogP contribution is 2.46. The zero-order valence-corrected chi connectivity index (χ0v) is 31.2. The Morgan fingerprint density at radius 1 is 0.333 bits per heavy atom. The third-order valence-electron chi connectivity index (χ3n) is 11.7. The van der Waals surface area contributed by atoms with Gasteiger partial charge in [-0.05, 0) is 42.5 Å². The number of benzene rings is 8. The van der Waals surface area contributed by atoms with Gasteiger partial charge in [0.25, 0.3) is 0 Å². The summed E-state index contributed by atoms with van der Waals surface area (Å²) in [4.78, 5) is 15.5. The lowest BCUT2D eigenvalue weighted by molar-refractivity contribution is 1.07. The van der Waals surface area contributed by atoms with Crippen molar-refractivity contribution in [3.63, 3.8) is 0 Å². The number of para-hydroxylation sites is 3. The maximum atomic E-state index is 5.25. The number of hydrogen-bond acceptors (Lipinski definition) is 4. The molecule has 13 rings (SSSR count). The summed E-state index contributed by atoms with van der Waals surface area (Å²) in [6.45, 7) is 0. The number of rotatable bonds is 3. The SMILES string of the molecule is c1ccc(-c2nc(-c3ccccc3)nc(-c3cc4c5ccccc5n5c6cccc7c8ccccc8n(c8ccc9c%10ccccc%10sc9c8c(c3)c45)c76)n2)cc1. The molecule has 0 aliphatic rings. The smallest absolute Gasteiger partial charge is 0.164 e. The summed E-state index contributed by atoms with van der Waals surface area (Å²) in [5, 5.41) is 9.71. The van der Waals surface area contributed by atoms with Gasteiger partial charge in [-0.15, -0.1) is 11.3 Å². The minimum Gasteiger partial charge on any atom is -0.307 e. The molecule has 8 aromatic carbocycles. The number of nitrogens with zero attached hydrogens (tertiary/aromatic N) is 5. The summed E-state index contributed by atoms with van der Waals surface area (Å²) >= 11 is 1.87. The van der Waals surface area contributed by atoms with Crippen LogP contribution in [0.2, 0.25) is 0 Å². The molecule has 0 unspecified atom stereocenters. The van der Waals surface area contributed by atoms with E-state index in [0.29, 0.717) is 17.5 Å². The van der Waals surface area contributed by atoms with Gasteiger partial charge in [0.15, 0.2) is 17.5 Å². The van der Waals surface area contributed by atoms with Crippen LogP contribution < -0.4 is 0 Å². The molecule has 6 heteroatoms. The third-order valence-corrected chi connectivity index (χ3v) is 12.9. The van der Waals surface area contributed by atoms with Gasteiger partial charge in [-0.2, -0.15) is 0 Å². The van der Waals surface area contributed by atoms with E-state index in [1.807, 2.05) is 47.7 Å². The molecular weight excluding hydrogens is 715 g/mol. The molecule has 0 saturated carbocycles. The fraction of sp³-hybridized carbons (Fsp3) is 0. The molecule has 0 radical (unpaired) electrons. The topological polar surface area (TPSA) is 47.5 Å². The lowest BCUT2D eigenvalue weighted by atomic mass is 10.0. The van der Waals surface area contributed by atoms with Crippen molar-refractivity contribution in [1.82, 2.24) is 23.8 Å². The Hall–Kier alpha value is -7.41. The molecule has 0 bridgehead atoms. The van der Waals surface area contributed by atoms with Crippen LogP contribution in [0.25, 0.3) is 120 Å². The van der Waals surface area contributed by atoms with Crippen molar-refractivity contribution in [2.45, 2.75) is 0 Å². The lowest BCUT2D eigenvalue weighted by Crippen LogP contribution is -2.00. The van der Waals surface area contributed by atoms with Crippen LogP contribution in [0, 0.1) is 0 Å². The Morgan fingerprint density at radius 2 is 0.860 bits per heavy atom. The molecule has 5 heterocycles. The molecule has 5 nitrogen and oxygen atoms in total. The van der Waals surface area contributed by atoms with Gasteiger partial charge >= 0.3 is 0 Å². The molecule has 57 heavy (non-hydrogen) atoms. The van der Waals surface area contributed by atoms with Gasteiger partial charge in [-0.3, -0.25) is 0 Å². The second-order valence-corrected chi connectivity index (χ2v) is 15.8. The van der Waals surface area contributed by atoms with Crippen LogP contribution in [-0.2, 0) is 0 Å². The van der Waals surface area contributed by atoms with Crippen molar-refractivity contribution in [3.05, 3.63) is 176 Å². The van der Waals surface area contributed by atoms with E-state index >= 15 is 0 Å². The van der Waals surface area contributed by atoms with Crippen LogP contribution in [0.1, 0.15) is 0 Å². The molecule has 0 amide bonds. The van der Waals surface area contributed by atoms with Crippen molar-refractivity contribution < 1.29 is 0 Å². The molecule has 13 aromatic rings. The Balaban J connectivity index is 1.30. The highest BCUT2D eigenvalue weighted by atomic mass is 32.1. The second-order valence-electron chi connectivity index (χ2n) is 14.8. The summed E-state index contributed by atoms with van der Waals surface area (Å²) < 4.78 is 7.56. The normalized spacial score (nSPS) is 12.2. The number of hydrogen-bond donors (Lipinski definition) is 0. The van der Waals surface area contributed by atoms with Crippen LogP contribution in [0.4, 0.5) is 0 Å². The fourth-order valence-electron chi connectivity index (χ4n) is 9.26. The highest BCUT2D eigenvalue weighted by Gasteiger charge is 2.23. The van der Waals surface area contributed by atoms with Crippen molar-refractivity contribution in [1.29, 1.82) is 0 Å². The summed E-state index contributed by atoms with van der Waals surface area (Å²) in [5.74, 6) is 1.93. The zero-order valence-electron chi connectivity index (χ0n) is 30.4. The summed E-state index contributed by atoms with van der Waals surface area (Å²) in [6.07, 6.45) is 0. The maximum absolute atomic E-state index is 5.25. The predicted octanol–water partition coefficient (Wildman–Crippen LogP) is 13.5. The average Bonchev–Trinajstić information content (AvgIpc) is 3.94. The summed E-state index contributed by atoms with van der Waals surface area (Å²) in [7, 11) is 0. The molecule has 0 aliphatic heterocycles. The third kappa shape index (κ3) is 4.30. The van der Waals surface area contributed by atoms with E-state index in [-0.39, 0.29) is 0 Å². The standard InChI is InChI=1S/C51H29N5S/c1-3-14-30(15-4-1)49-52-50(31-16-5-2-6-17-31)54-51(53-49)32-28-38-34-19-8-11-23-41(34)56-43-24-13-21-36-33-18-7-10-22-40(33)55(47(36)43)42-27-26-37-35-20-9-12-25-44(35)57-48(37)45(42)39(29-32)46(38)56/h1-29H. The second kappa shape index (κ2) is 11.6. The van der Waals surface area contributed by atoms with Crippen LogP contribution in [0.5, 0.6) is 0 Å². The minimum atomic E-state index is 0.638. The first-order chi connectivity index (χ1) is 28.3. The van der Waals surface area contributed by atoms with E-state index in [1.54, 1.807) is 0 Å². The number of thiophene rings is 1. The van der Waals surface area contributed by atoms with Crippen molar-refractivity contribution in [3.8, 4) is 34.2 Å². The Labute approximate surface area is 329 Å². The molecule has 0 aliphatic carbocycles. The predicted molar refractivity (Wildman–Crippen MR) is 238 cm³/mol. The quantitative estimate of drug-likeness (QED) is 0.181. The molecule has 264 valence electrons. The molecule has 0 atom stereocenters. The largest absolute Gasteiger partial charge is 0.307 e. The maximum Gasteiger partial charge on any atom is 0.164 e. The monoisotopic (exact) mass is 743 g/mol. The molecule has 0 N–H and O–H groups in total. The van der Waals surface area contributed by atoms with Crippen molar-refractivity contribution >= 4 is 96.9 Å². The number of fused-ring (bicyclic) bond motifs is 14. The highest BCUT2D eigenvalue weighted by molar-refractivity contribution is 7.26. The van der Waals surface area contributed by atoms with Gasteiger partial charge in [0, 0.05) is 69.2 Å². The van der Waals surface area contributed by atoms with E-state index in [9.17, 15) is 0 Å². The Kier molecular flexibility index (Phi) is 6.26. The van der Waals surface area contributed by atoms with Gasteiger partial charge in [0.1, 0.15) is 0 Å². The van der Waals surface area contributed by atoms with E-state index in [0.717, 1.165) is 44.0 Å². The molecule has 0 spiro atoms. The minimum absolute atomic E-state index is 0.638. The van der Waals surface area contributed by atoms with E-state index < -0.39 is 0 Å². The van der Waals surface area contributed by atoms with E-state index in [4.69, 9.17) is 15.0 Å². The summed E-state index contributed by atoms with van der Waals surface area (Å²) in [6, 6.07) is 63.0. The van der Waals surface area contributed by atoms with E-state index in [1.165, 1.54) is 58.3 Å². The van der Waals surface area contributed by atoms with Crippen molar-refractivity contribution in [2.24, 2.45) is 0 Å². The number of aromatic nitrogens is 5. The van der Waals surface area contributed by atoms with Gasteiger partial charge in [-0.25, -0.2) is 15.0 Å². The molecular formula is C51H29N5S. The molecule has 5 aromatic heterocycles. The molecule has 0 saturated heterocycles. The first-order valence-electron chi connectivity index (χ1n) is 19.2. The van der Waals surface area contributed by atoms with Crippen LogP contribution in [0.15, 0.2) is 176 Å². The van der Waals surface area contributed by atoms with Gasteiger partial charge in [0.2, 0.25) is 0 Å². The van der Waals surface area contributed by atoms with E-state index in [2.05, 4.69) is 148 Å². The van der Waals surface area contributed by atoms with Crippen LogP contribution in [0.3, 0.4) is 0 Å². The van der Waals surface area contributed by atoms with Gasteiger partial charge < -0.3 is 8.80 Å². The van der Waals surface area contributed by atoms with Crippen LogP contribution in [-0.4, -0.2) is 23.8 Å². The van der Waals surface area contributed by atoms with Crippen LogP contribution >= 0.6 is 11.3 Å². The molecule has 0 fully saturated rings. The zero-order chi connectivity index (χ0) is 37.2.